The van der Waals surface area contributed by atoms with Crippen molar-refractivity contribution in [1.82, 2.24) is 0 Å². The van der Waals surface area contributed by atoms with Gasteiger partial charge in [0.2, 0.25) is 0 Å². The number of alkyl halides is 1. The molecule has 0 saturated heterocycles. The summed E-state index contributed by atoms with van der Waals surface area (Å²) >= 11 is 6.38. The smallest absolute Gasteiger partial charge is 0.167 e. The Morgan fingerprint density at radius 2 is 1.44 bits per heavy atom. The monoisotopic (exact) mass is 258 g/mol. The van der Waals surface area contributed by atoms with Gasteiger partial charge in [-0.05, 0) is 5.56 Å². The molecule has 0 aliphatic rings. The minimum atomic E-state index is -0.293. The van der Waals surface area contributed by atoms with Gasteiger partial charge in [-0.2, -0.15) is 0 Å². The minimum Gasteiger partial charge on any atom is -0.294 e. The van der Waals surface area contributed by atoms with E-state index in [4.69, 9.17) is 11.6 Å². The van der Waals surface area contributed by atoms with Gasteiger partial charge in [0.05, 0.1) is 5.38 Å². The van der Waals surface area contributed by atoms with Crippen molar-refractivity contribution in [2.75, 3.05) is 0 Å². The molecule has 2 atom stereocenters. The molecule has 0 heterocycles. The van der Waals surface area contributed by atoms with Crippen LogP contribution < -0.4 is 0 Å². The second-order valence-corrected chi connectivity index (χ2v) is 4.80. The van der Waals surface area contributed by atoms with Gasteiger partial charge in [-0.3, -0.25) is 4.79 Å². The van der Waals surface area contributed by atoms with Crippen LogP contribution in [-0.4, -0.2) is 5.78 Å². The molecule has 1 nitrogen and oxygen atoms in total. The summed E-state index contributed by atoms with van der Waals surface area (Å²) in [4.78, 5) is 12.3. The van der Waals surface area contributed by atoms with Crippen LogP contribution in [0.1, 0.15) is 28.2 Å². The lowest BCUT2D eigenvalue weighted by molar-refractivity contribution is 0.0926. The lowest BCUT2D eigenvalue weighted by atomic mass is 9.92. The summed E-state index contributed by atoms with van der Waals surface area (Å²) < 4.78 is 0. The highest BCUT2D eigenvalue weighted by molar-refractivity contribution is 6.23. The zero-order valence-electron chi connectivity index (χ0n) is 10.2. The Morgan fingerprint density at radius 1 is 0.944 bits per heavy atom. The van der Waals surface area contributed by atoms with Crippen molar-refractivity contribution >= 4 is 17.4 Å². The molecule has 2 aromatic rings. The molecular formula is C16H15ClO. The van der Waals surface area contributed by atoms with Gasteiger partial charge in [-0.25, -0.2) is 0 Å². The lowest BCUT2D eigenvalue weighted by Gasteiger charge is -2.17. The third-order valence-electron chi connectivity index (χ3n) is 3.03. The van der Waals surface area contributed by atoms with Crippen LogP contribution >= 0.6 is 11.6 Å². The van der Waals surface area contributed by atoms with Crippen LogP contribution in [0.2, 0.25) is 0 Å². The van der Waals surface area contributed by atoms with Crippen LogP contribution in [0.4, 0.5) is 0 Å². The highest BCUT2D eigenvalue weighted by Crippen LogP contribution is 2.30. The van der Waals surface area contributed by atoms with Crippen molar-refractivity contribution in [3.05, 3.63) is 71.8 Å². The van der Waals surface area contributed by atoms with Crippen LogP contribution in [0.5, 0.6) is 0 Å². The summed E-state index contributed by atoms with van der Waals surface area (Å²) in [6, 6.07) is 19.0. The molecule has 0 spiro atoms. The molecule has 0 fully saturated rings. The van der Waals surface area contributed by atoms with Gasteiger partial charge in [0, 0.05) is 11.5 Å². The topological polar surface area (TPSA) is 17.1 Å². The molecule has 92 valence electrons. The van der Waals surface area contributed by atoms with Gasteiger partial charge in [0.1, 0.15) is 0 Å². The van der Waals surface area contributed by atoms with Gasteiger partial charge in [0.25, 0.3) is 0 Å². The normalized spacial score (nSPS) is 13.9. The van der Waals surface area contributed by atoms with Gasteiger partial charge < -0.3 is 0 Å². The molecule has 0 bridgehead atoms. The zero-order chi connectivity index (χ0) is 13.0. The number of hydrogen-bond acceptors (Lipinski definition) is 1. The number of ketones is 1. The predicted octanol–water partition coefficient (Wildman–Crippen LogP) is 4.49. The van der Waals surface area contributed by atoms with Crippen molar-refractivity contribution in [3.8, 4) is 0 Å². The first-order valence-corrected chi connectivity index (χ1v) is 6.42. The summed E-state index contributed by atoms with van der Waals surface area (Å²) in [6.45, 7) is 1.88. The van der Waals surface area contributed by atoms with Gasteiger partial charge >= 0.3 is 0 Å². The molecule has 0 aliphatic carbocycles. The summed E-state index contributed by atoms with van der Waals surface area (Å²) in [6.07, 6.45) is 0. The van der Waals surface area contributed by atoms with Crippen LogP contribution in [0, 0.1) is 5.92 Å². The molecule has 0 aliphatic heterocycles. The molecular weight excluding hydrogens is 244 g/mol. The van der Waals surface area contributed by atoms with Crippen LogP contribution in [0.25, 0.3) is 0 Å². The third kappa shape index (κ3) is 2.80. The lowest BCUT2D eigenvalue weighted by Crippen LogP contribution is -2.16. The first-order chi connectivity index (χ1) is 8.70. The fraction of sp³-hybridized carbons (Fsp3) is 0.188. The van der Waals surface area contributed by atoms with E-state index in [0.717, 1.165) is 5.56 Å². The average Bonchev–Trinajstić information content (AvgIpc) is 2.47. The van der Waals surface area contributed by atoms with Crippen LogP contribution in [0.3, 0.4) is 0 Å². The summed E-state index contributed by atoms with van der Waals surface area (Å²) in [5.41, 5.74) is 1.70. The van der Waals surface area contributed by atoms with E-state index in [2.05, 4.69) is 0 Å². The van der Waals surface area contributed by atoms with Crippen LogP contribution in [0.15, 0.2) is 60.7 Å². The van der Waals surface area contributed by atoms with E-state index in [9.17, 15) is 4.79 Å². The Balaban J connectivity index is 2.17. The maximum Gasteiger partial charge on any atom is 0.167 e. The molecule has 2 heteroatoms. The average molecular weight is 259 g/mol. The summed E-state index contributed by atoms with van der Waals surface area (Å²) in [5, 5.41) is -0.293. The Kier molecular flexibility index (Phi) is 4.16. The minimum absolute atomic E-state index is 0.0828. The highest BCUT2D eigenvalue weighted by atomic mass is 35.5. The van der Waals surface area contributed by atoms with Gasteiger partial charge in [-0.15, -0.1) is 11.6 Å². The molecule has 2 rings (SSSR count). The largest absolute Gasteiger partial charge is 0.294 e. The summed E-state index contributed by atoms with van der Waals surface area (Å²) in [7, 11) is 0. The molecule has 0 aromatic heterocycles. The number of benzene rings is 2. The maximum absolute atomic E-state index is 12.3. The molecule has 0 amide bonds. The number of carbonyl (C=O) groups excluding carboxylic acids is 1. The van der Waals surface area contributed by atoms with E-state index in [1.807, 2.05) is 67.6 Å². The SMILES string of the molecule is CC(C(=O)c1ccccc1)C(Cl)c1ccccc1. The quantitative estimate of drug-likeness (QED) is 0.584. The van der Waals surface area contributed by atoms with Gasteiger partial charge in [-0.1, -0.05) is 67.6 Å². The standard InChI is InChI=1S/C16H15ClO/c1-12(15(17)13-8-4-2-5-9-13)16(18)14-10-6-3-7-11-14/h2-12,15H,1H3. The number of rotatable bonds is 4. The van der Waals surface area contributed by atoms with Crippen molar-refractivity contribution < 1.29 is 4.79 Å². The van der Waals surface area contributed by atoms with E-state index in [1.54, 1.807) is 0 Å². The second kappa shape index (κ2) is 5.83. The third-order valence-corrected chi connectivity index (χ3v) is 3.66. The molecule has 0 saturated carbocycles. The van der Waals surface area contributed by atoms with E-state index >= 15 is 0 Å². The Hall–Kier alpha value is -1.60. The molecule has 2 aromatic carbocycles. The summed E-state index contributed by atoms with van der Waals surface area (Å²) in [5.74, 6) is -0.157. The Morgan fingerprint density at radius 3 is 2.00 bits per heavy atom. The zero-order valence-corrected chi connectivity index (χ0v) is 11.0. The first-order valence-electron chi connectivity index (χ1n) is 5.98. The van der Waals surface area contributed by atoms with E-state index in [1.165, 1.54) is 0 Å². The van der Waals surface area contributed by atoms with E-state index < -0.39 is 0 Å². The first kappa shape index (κ1) is 12.8. The molecule has 0 N–H and O–H groups in total. The van der Waals surface area contributed by atoms with E-state index in [0.29, 0.717) is 5.56 Å². The number of halogens is 1. The molecule has 2 unspecified atom stereocenters. The molecule has 0 radical (unpaired) electrons. The molecule has 18 heavy (non-hydrogen) atoms. The van der Waals surface area contributed by atoms with E-state index in [-0.39, 0.29) is 17.1 Å². The van der Waals surface area contributed by atoms with Crippen molar-refractivity contribution in [2.24, 2.45) is 5.92 Å². The van der Waals surface area contributed by atoms with Crippen molar-refractivity contribution in [2.45, 2.75) is 12.3 Å². The Bertz CT molecular complexity index is 507. The van der Waals surface area contributed by atoms with Crippen molar-refractivity contribution in [1.29, 1.82) is 0 Å². The van der Waals surface area contributed by atoms with Crippen LogP contribution in [-0.2, 0) is 0 Å². The van der Waals surface area contributed by atoms with Gasteiger partial charge in [0.15, 0.2) is 5.78 Å². The number of Topliss-reactive ketones (excluding diaryl/α,β-unsaturated/α-hetero) is 1. The number of carbonyl (C=O) groups is 1. The highest BCUT2D eigenvalue weighted by Gasteiger charge is 2.24. The predicted molar refractivity (Wildman–Crippen MR) is 75.0 cm³/mol. The second-order valence-electron chi connectivity index (χ2n) is 4.33. The fourth-order valence-electron chi connectivity index (χ4n) is 1.92. The Labute approximate surface area is 112 Å². The van der Waals surface area contributed by atoms with Crippen molar-refractivity contribution in [3.63, 3.8) is 0 Å². The maximum atomic E-state index is 12.3. The fourth-order valence-corrected chi connectivity index (χ4v) is 2.18. The number of hydrogen-bond donors (Lipinski definition) is 0.